The average molecular weight is 678 g/mol. The van der Waals surface area contributed by atoms with Crippen molar-refractivity contribution in [2.45, 2.75) is 193 Å². The number of ether oxygens (including phenoxy) is 2. The molecule has 0 aromatic heterocycles. The van der Waals surface area contributed by atoms with Crippen LogP contribution in [-0.2, 0) is 9.47 Å². The highest BCUT2D eigenvalue weighted by Gasteiger charge is 2.41. The molecule has 6 heteroatoms. The standard InChI is InChI=1S/C42H79NO5/c1-5-7-9-11-13-15-17-19-21-23-25-27-29-31-33-35-37-47-39-41(42(45,46)43(4)40(3)44)48-38-36-34-32-30-28-26-24-22-20-18-16-14-12-10-8-6-2/h13-16,19-22,40-41,44-46H,5-12,17-18,23-39H2,1-4H3/b15-13-,16-14-,21-19-,22-20-. The van der Waals surface area contributed by atoms with Crippen LogP contribution in [0, 0.1) is 0 Å². The predicted molar refractivity (Wildman–Crippen MR) is 206 cm³/mol. The highest BCUT2D eigenvalue weighted by Crippen LogP contribution is 2.19. The van der Waals surface area contributed by atoms with Gasteiger partial charge in [-0.2, -0.15) is 0 Å². The Hall–Kier alpha value is -1.28. The molecule has 3 N–H and O–H groups in total. The van der Waals surface area contributed by atoms with Gasteiger partial charge in [-0.25, -0.2) is 4.90 Å². The minimum Gasteiger partial charge on any atom is -0.379 e. The van der Waals surface area contributed by atoms with Gasteiger partial charge in [0.1, 0.15) is 12.3 Å². The van der Waals surface area contributed by atoms with Gasteiger partial charge in [0, 0.05) is 13.2 Å². The van der Waals surface area contributed by atoms with E-state index >= 15 is 0 Å². The number of hydrogen-bond donors (Lipinski definition) is 3. The third-order valence-corrected chi connectivity index (χ3v) is 8.93. The summed E-state index contributed by atoms with van der Waals surface area (Å²) in [5, 5.41) is 31.5. The summed E-state index contributed by atoms with van der Waals surface area (Å²) in [6.07, 6.45) is 44.8. The van der Waals surface area contributed by atoms with Gasteiger partial charge in [0.05, 0.1) is 6.61 Å². The molecule has 0 radical (unpaired) electrons. The zero-order chi connectivity index (χ0) is 35.4. The summed E-state index contributed by atoms with van der Waals surface area (Å²) in [6.45, 7) is 7.07. The molecule has 0 fully saturated rings. The largest absolute Gasteiger partial charge is 0.379 e. The second-order valence-corrected chi connectivity index (χ2v) is 13.5. The van der Waals surface area contributed by atoms with Gasteiger partial charge in [-0.1, -0.05) is 140 Å². The van der Waals surface area contributed by atoms with Crippen molar-refractivity contribution in [2.75, 3.05) is 26.9 Å². The van der Waals surface area contributed by atoms with Crippen LogP contribution in [0.2, 0.25) is 0 Å². The Labute approximate surface area is 297 Å². The van der Waals surface area contributed by atoms with E-state index in [1.807, 2.05) is 0 Å². The van der Waals surface area contributed by atoms with Crippen molar-refractivity contribution >= 4 is 0 Å². The monoisotopic (exact) mass is 678 g/mol. The highest BCUT2D eigenvalue weighted by atomic mass is 16.6. The van der Waals surface area contributed by atoms with Crippen molar-refractivity contribution in [1.82, 2.24) is 4.90 Å². The Morgan fingerprint density at radius 2 is 0.917 bits per heavy atom. The molecule has 0 rings (SSSR count). The van der Waals surface area contributed by atoms with Crippen molar-refractivity contribution in [3.8, 4) is 0 Å². The highest BCUT2D eigenvalue weighted by molar-refractivity contribution is 4.93. The lowest BCUT2D eigenvalue weighted by molar-refractivity contribution is -0.341. The second-order valence-electron chi connectivity index (χ2n) is 13.5. The summed E-state index contributed by atoms with van der Waals surface area (Å²) in [5.41, 5.74) is 0. The fraction of sp³-hybridized carbons (Fsp3) is 0.810. The minimum atomic E-state index is -2.31. The second kappa shape index (κ2) is 35.5. The van der Waals surface area contributed by atoms with Gasteiger partial charge in [-0.3, -0.25) is 0 Å². The van der Waals surface area contributed by atoms with Crippen LogP contribution >= 0.6 is 0 Å². The lowest BCUT2D eigenvalue weighted by Crippen LogP contribution is -2.60. The van der Waals surface area contributed by atoms with E-state index in [9.17, 15) is 15.3 Å². The smallest absolute Gasteiger partial charge is 0.256 e. The molecule has 48 heavy (non-hydrogen) atoms. The molecule has 0 amide bonds. The summed E-state index contributed by atoms with van der Waals surface area (Å²) in [5.74, 6) is -2.31. The lowest BCUT2D eigenvalue weighted by Gasteiger charge is -2.39. The topological polar surface area (TPSA) is 82.4 Å². The Kier molecular flexibility index (Phi) is 34.6. The first-order valence-electron chi connectivity index (χ1n) is 20.0. The van der Waals surface area contributed by atoms with Crippen LogP contribution in [0.5, 0.6) is 0 Å². The molecule has 6 nitrogen and oxygen atoms in total. The van der Waals surface area contributed by atoms with Crippen LogP contribution in [-0.4, -0.2) is 65.3 Å². The first-order valence-corrected chi connectivity index (χ1v) is 20.0. The summed E-state index contributed by atoms with van der Waals surface area (Å²) in [6, 6.07) is 0. The van der Waals surface area contributed by atoms with Gasteiger partial charge in [-0.15, -0.1) is 0 Å². The number of aliphatic hydroxyl groups excluding tert-OH is 1. The fourth-order valence-electron chi connectivity index (χ4n) is 5.47. The Morgan fingerprint density at radius 3 is 1.33 bits per heavy atom. The number of aliphatic hydroxyl groups is 3. The van der Waals surface area contributed by atoms with Gasteiger partial charge in [0.15, 0.2) is 0 Å². The van der Waals surface area contributed by atoms with E-state index < -0.39 is 18.2 Å². The van der Waals surface area contributed by atoms with Crippen LogP contribution in [0.25, 0.3) is 0 Å². The van der Waals surface area contributed by atoms with Crippen molar-refractivity contribution in [3.05, 3.63) is 48.6 Å². The quantitative estimate of drug-likeness (QED) is 0.0348. The van der Waals surface area contributed by atoms with E-state index in [1.165, 1.54) is 110 Å². The summed E-state index contributed by atoms with van der Waals surface area (Å²) < 4.78 is 11.8. The number of rotatable bonds is 36. The fourth-order valence-corrected chi connectivity index (χ4v) is 5.47. The van der Waals surface area contributed by atoms with E-state index in [4.69, 9.17) is 9.47 Å². The minimum absolute atomic E-state index is 0.0759. The number of likely N-dealkylation sites (N-methyl/N-ethyl adjacent to an activating group) is 1. The molecule has 0 aliphatic rings. The number of allylic oxidation sites excluding steroid dienone is 8. The van der Waals surface area contributed by atoms with E-state index in [-0.39, 0.29) is 6.61 Å². The third kappa shape index (κ3) is 29.6. The van der Waals surface area contributed by atoms with Crippen LogP contribution in [0.15, 0.2) is 48.6 Å². The van der Waals surface area contributed by atoms with Crippen LogP contribution in [0.4, 0.5) is 0 Å². The molecule has 0 saturated carbocycles. The lowest BCUT2D eigenvalue weighted by atomic mass is 10.1. The molecule has 0 aromatic carbocycles. The van der Waals surface area contributed by atoms with E-state index in [1.54, 1.807) is 0 Å². The van der Waals surface area contributed by atoms with Crippen LogP contribution in [0.3, 0.4) is 0 Å². The van der Waals surface area contributed by atoms with Crippen LogP contribution < -0.4 is 0 Å². The van der Waals surface area contributed by atoms with Crippen molar-refractivity contribution in [3.63, 3.8) is 0 Å². The maximum Gasteiger partial charge on any atom is 0.256 e. The zero-order valence-electron chi connectivity index (χ0n) is 32.0. The van der Waals surface area contributed by atoms with Gasteiger partial charge < -0.3 is 24.8 Å². The molecule has 0 spiro atoms. The Bertz CT molecular complexity index is 776. The molecule has 0 bridgehead atoms. The molecular weight excluding hydrogens is 598 g/mol. The normalized spacial score (nSPS) is 14.2. The molecule has 0 aliphatic heterocycles. The van der Waals surface area contributed by atoms with E-state index in [2.05, 4.69) is 62.5 Å². The molecule has 0 heterocycles. The van der Waals surface area contributed by atoms with E-state index in [0.717, 1.165) is 62.7 Å². The first-order chi connectivity index (χ1) is 23.4. The summed E-state index contributed by atoms with van der Waals surface area (Å²) >= 11 is 0. The molecular formula is C42H79NO5. The summed E-state index contributed by atoms with van der Waals surface area (Å²) in [4.78, 5) is 1.11. The maximum atomic E-state index is 10.8. The average Bonchev–Trinajstić information content (AvgIpc) is 3.07. The first kappa shape index (κ1) is 46.7. The predicted octanol–water partition coefficient (Wildman–Crippen LogP) is 10.9. The SMILES string of the molecule is CCCCC/C=C\C/C=C\CCCCCCCCOCC(OCCCCCCCC/C=C\C/C=C\CCCCC)C(O)(O)N(C)C(C)O. The zero-order valence-corrected chi connectivity index (χ0v) is 32.0. The summed E-state index contributed by atoms with van der Waals surface area (Å²) in [7, 11) is 1.48. The molecule has 282 valence electrons. The molecule has 0 saturated heterocycles. The maximum absolute atomic E-state index is 10.8. The molecule has 2 unspecified atom stereocenters. The number of unbranched alkanes of at least 4 members (excludes halogenated alkanes) is 18. The molecule has 0 aromatic rings. The van der Waals surface area contributed by atoms with Crippen LogP contribution in [0.1, 0.15) is 175 Å². The van der Waals surface area contributed by atoms with Gasteiger partial charge in [0.2, 0.25) is 0 Å². The van der Waals surface area contributed by atoms with Crippen molar-refractivity contribution < 1.29 is 24.8 Å². The molecule has 2 atom stereocenters. The van der Waals surface area contributed by atoms with Crippen molar-refractivity contribution in [1.29, 1.82) is 0 Å². The van der Waals surface area contributed by atoms with Gasteiger partial charge in [0.25, 0.3) is 5.91 Å². The third-order valence-electron chi connectivity index (χ3n) is 8.93. The molecule has 0 aliphatic carbocycles. The Morgan fingerprint density at radius 1 is 0.542 bits per heavy atom. The van der Waals surface area contributed by atoms with E-state index in [0.29, 0.717) is 13.2 Å². The number of nitrogens with zero attached hydrogens (tertiary/aromatic N) is 1. The Balaban J connectivity index is 4.02. The van der Waals surface area contributed by atoms with Gasteiger partial charge >= 0.3 is 0 Å². The van der Waals surface area contributed by atoms with Crippen molar-refractivity contribution in [2.24, 2.45) is 0 Å². The van der Waals surface area contributed by atoms with Gasteiger partial charge in [-0.05, 0) is 91.0 Å². The number of hydrogen-bond acceptors (Lipinski definition) is 6.